The average Bonchev–Trinajstić information content (AvgIpc) is 3.07. The van der Waals surface area contributed by atoms with Crippen LogP contribution in [0.1, 0.15) is 5.69 Å². The number of primary sulfonamides is 1. The number of benzene rings is 2. The normalized spacial score (nSPS) is 12.2. The zero-order valence-corrected chi connectivity index (χ0v) is 15.1. The first-order valence-corrected chi connectivity index (χ1v) is 9.19. The molecule has 0 radical (unpaired) electrons. The van der Waals surface area contributed by atoms with Gasteiger partial charge < -0.3 is 4.74 Å². The van der Waals surface area contributed by atoms with Crippen LogP contribution in [0, 0.1) is 5.82 Å². The highest BCUT2D eigenvalue weighted by atomic mass is 32.2. The molecule has 0 saturated heterocycles. The molecule has 6 nitrogen and oxygen atoms in total. The van der Waals surface area contributed by atoms with Gasteiger partial charge in [-0.05, 0) is 42.5 Å². The summed E-state index contributed by atoms with van der Waals surface area (Å²) in [5, 5.41) is 5.03. The summed E-state index contributed by atoms with van der Waals surface area (Å²) in [5.74, 6) is -0.975. The molecule has 11 heteroatoms. The molecule has 3 rings (SSSR count). The standard InChI is InChI=1S/C17H13F4N3O3S/c1-27-14-8-10(2-7-13(14)18)16-23-15(17(19,20)21)9-24(16)11-3-5-12(6-4-11)28(22,25)26/h2-9H,1H3,(H2,22,25,26). The quantitative estimate of drug-likeness (QED) is 0.662. The molecular weight excluding hydrogens is 402 g/mol. The lowest BCUT2D eigenvalue weighted by atomic mass is 10.2. The maximum atomic E-state index is 13.7. The van der Waals surface area contributed by atoms with E-state index in [-0.39, 0.29) is 27.7 Å². The Morgan fingerprint density at radius 1 is 1.11 bits per heavy atom. The fourth-order valence-corrected chi connectivity index (χ4v) is 3.03. The van der Waals surface area contributed by atoms with E-state index in [1.54, 1.807) is 0 Å². The molecule has 0 bridgehead atoms. The fourth-order valence-electron chi connectivity index (χ4n) is 2.51. The summed E-state index contributed by atoms with van der Waals surface area (Å²) in [4.78, 5) is 3.42. The van der Waals surface area contributed by atoms with Gasteiger partial charge in [0.2, 0.25) is 10.0 Å². The van der Waals surface area contributed by atoms with Crippen molar-refractivity contribution >= 4 is 10.0 Å². The second kappa shape index (κ2) is 6.91. The molecular formula is C17H13F4N3O3S. The summed E-state index contributed by atoms with van der Waals surface area (Å²) in [6.45, 7) is 0. The average molecular weight is 415 g/mol. The maximum Gasteiger partial charge on any atom is 0.434 e. The Balaban J connectivity index is 2.19. The Hall–Kier alpha value is -2.92. The third-order valence-corrected chi connectivity index (χ3v) is 4.78. The summed E-state index contributed by atoms with van der Waals surface area (Å²) in [6, 6.07) is 8.41. The zero-order chi connectivity index (χ0) is 20.7. The van der Waals surface area contributed by atoms with Gasteiger partial charge in [-0.2, -0.15) is 13.2 Å². The molecule has 0 fully saturated rings. The monoisotopic (exact) mass is 415 g/mol. The number of rotatable bonds is 4. The largest absolute Gasteiger partial charge is 0.494 e. The predicted octanol–water partition coefficient (Wildman–Crippen LogP) is 3.35. The number of hydrogen-bond donors (Lipinski definition) is 1. The number of hydrogen-bond acceptors (Lipinski definition) is 4. The molecule has 0 aliphatic rings. The number of nitrogens with zero attached hydrogens (tertiary/aromatic N) is 2. The molecule has 2 N–H and O–H groups in total. The van der Waals surface area contributed by atoms with Crippen molar-refractivity contribution in [3.63, 3.8) is 0 Å². The van der Waals surface area contributed by atoms with Crippen molar-refractivity contribution in [1.82, 2.24) is 9.55 Å². The van der Waals surface area contributed by atoms with Gasteiger partial charge in [0, 0.05) is 17.4 Å². The molecule has 3 aromatic rings. The first-order valence-electron chi connectivity index (χ1n) is 7.64. The van der Waals surface area contributed by atoms with Crippen LogP contribution in [0.3, 0.4) is 0 Å². The highest BCUT2D eigenvalue weighted by Gasteiger charge is 2.35. The van der Waals surface area contributed by atoms with Gasteiger partial charge >= 0.3 is 6.18 Å². The zero-order valence-electron chi connectivity index (χ0n) is 14.2. The SMILES string of the molecule is COc1cc(-c2nc(C(F)(F)F)cn2-c2ccc(S(N)(=O)=O)cc2)ccc1F. The van der Waals surface area contributed by atoms with Gasteiger partial charge in [-0.25, -0.2) is 22.9 Å². The van der Waals surface area contributed by atoms with Crippen molar-refractivity contribution in [1.29, 1.82) is 0 Å². The van der Waals surface area contributed by atoms with Gasteiger partial charge in [-0.15, -0.1) is 0 Å². The number of aromatic nitrogens is 2. The summed E-state index contributed by atoms with van der Waals surface area (Å²) < 4.78 is 81.9. The summed E-state index contributed by atoms with van der Waals surface area (Å²) >= 11 is 0. The van der Waals surface area contributed by atoms with E-state index < -0.39 is 27.7 Å². The van der Waals surface area contributed by atoms with E-state index in [0.717, 1.165) is 29.0 Å². The fraction of sp³-hybridized carbons (Fsp3) is 0.118. The van der Waals surface area contributed by atoms with Crippen LogP contribution >= 0.6 is 0 Å². The molecule has 2 aromatic carbocycles. The smallest absolute Gasteiger partial charge is 0.434 e. The summed E-state index contributed by atoms with van der Waals surface area (Å²) in [6.07, 6.45) is -3.96. The van der Waals surface area contributed by atoms with Crippen molar-refractivity contribution in [2.75, 3.05) is 7.11 Å². The number of halogens is 4. The van der Waals surface area contributed by atoms with Crippen molar-refractivity contribution in [2.45, 2.75) is 11.1 Å². The third kappa shape index (κ3) is 3.85. The van der Waals surface area contributed by atoms with Crippen LogP contribution in [0.2, 0.25) is 0 Å². The highest BCUT2D eigenvalue weighted by molar-refractivity contribution is 7.89. The van der Waals surface area contributed by atoms with Crippen LogP contribution in [0.5, 0.6) is 5.75 Å². The molecule has 0 saturated carbocycles. The molecule has 28 heavy (non-hydrogen) atoms. The lowest BCUT2D eigenvalue weighted by molar-refractivity contribution is -0.140. The van der Waals surface area contributed by atoms with Crippen molar-refractivity contribution < 1.29 is 30.7 Å². The van der Waals surface area contributed by atoms with Crippen LogP contribution in [-0.4, -0.2) is 25.1 Å². The van der Waals surface area contributed by atoms with Crippen molar-refractivity contribution in [3.8, 4) is 22.8 Å². The van der Waals surface area contributed by atoms with E-state index in [1.807, 2.05) is 0 Å². The molecule has 0 aliphatic carbocycles. The minimum absolute atomic E-state index is 0.131. The van der Waals surface area contributed by atoms with Gasteiger partial charge in [0.05, 0.1) is 12.0 Å². The maximum absolute atomic E-state index is 13.7. The highest BCUT2D eigenvalue weighted by Crippen LogP contribution is 2.34. The molecule has 1 heterocycles. The van der Waals surface area contributed by atoms with E-state index in [1.165, 1.54) is 31.4 Å². The molecule has 148 valence electrons. The second-order valence-corrected chi connectivity index (χ2v) is 7.27. The lowest BCUT2D eigenvalue weighted by Crippen LogP contribution is -2.12. The molecule has 0 unspecified atom stereocenters. The molecule has 0 aliphatic heterocycles. The molecule has 0 atom stereocenters. The molecule has 0 spiro atoms. The van der Waals surface area contributed by atoms with Crippen LogP contribution < -0.4 is 9.88 Å². The molecule has 1 aromatic heterocycles. The van der Waals surface area contributed by atoms with Crippen LogP contribution in [0.15, 0.2) is 53.6 Å². The summed E-state index contributed by atoms with van der Waals surface area (Å²) in [7, 11) is -2.73. The number of sulfonamides is 1. The summed E-state index contributed by atoms with van der Waals surface area (Å²) in [5.41, 5.74) is -0.792. The predicted molar refractivity (Wildman–Crippen MR) is 91.9 cm³/mol. The number of methoxy groups -OCH3 is 1. The Bertz CT molecular complexity index is 1120. The minimum Gasteiger partial charge on any atom is -0.494 e. The number of ether oxygens (including phenoxy) is 1. The molecule has 0 amide bonds. The number of alkyl halides is 3. The van der Waals surface area contributed by atoms with E-state index in [9.17, 15) is 26.0 Å². The van der Waals surface area contributed by atoms with Gasteiger partial charge in [0.1, 0.15) is 5.82 Å². The van der Waals surface area contributed by atoms with Gasteiger partial charge in [-0.1, -0.05) is 0 Å². The van der Waals surface area contributed by atoms with Gasteiger partial charge in [-0.3, -0.25) is 4.57 Å². The van der Waals surface area contributed by atoms with E-state index in [4.69, 9.17) is 9.88 Å². The Morgan fingerprint density at radius 3 is 2.29 bits per heavy atom. The first kappa shape index (κ1) is 19.8. The van der Waals surface area contributed by atoms with Crippen LogP contribution in [0.4, 0.5) is 17.6 Å². The van der Waals surface area contributed by atoms with Gasteiger partial charge in [0.15, 0.2) is 17.3 Å². The van der Waals surface area contributed by atoms with E-state index in [0.29, 0.717) is 0 Å². The van der Waals surface area contributed by atoms with Crippen LogP contribution in [0.25, 0.3) is 17.1 Å². The number of nitrogens with two attached hydrogens (primary N) is 1. The van der Waals surface area contributed by atoms with Crippen molar-refractivity contribution in [2.24, 2.45) is 5.14 Å². The van der Waals surface area contributed by atoms with Crippen molar-refractivity contribution in [3.05, 3.63) is 60.2 Å². The lowest BCUT2D eigenvalue weighted by Gasteiger charge is -2.10. The van der Waals surface area contributed by atoms with Crippen LogP contribution in [-0.2, 0) is 16.2 Å². The minimum atomic E-state index is -4.72. The third-order valence-electron chi connectivity index (χ3n) is 3.85. The second-order valence-electron chi connectivity index (χ2n) is 5.71. The Kier molecular flexibility index (Phi) is 4.90. The Morgan fingerprint density at radius 2 is 1.75 bits per heavy atom. The Labute approximate surface area is 157 Å². The van der Waals surface area contributed by atoms with E-state index in [2.05, 4.69) is 4.98 Å². The van der Waals surface area contributed by atoms with Gasteiger partial charge in [0.25, 0.3) is 0 Å². The first-order chi connectivity index (χ1) is 13.0. The topological polar surface area (TPSA) is 87.2 Å². The van der Waals surface area contributed by atoms with E-state index >= 15 is 0 Å². The number of imidazole rings is 1.